The normalized spacial score (nSPS) is 10.4. The van der Waals surface area contributed by atoms with Crippen molar-refractivity contribution in [1.82, 2.24) is 5.32 Å². The lowest BCUT2D eigenvalue weighted by Gasteiger charge is -2.05. The fourth-order valence-electron chi connectivity index (χ4n) is 2.34. The maximum atomic E-state index is 11.2. The maximum Gasteiger partial charge on any atom is 0.325 e. The summed E-state index contributed by atoms with van der Waals surface area (Å²) < 4.78 is 4.98. The Morgan fingerprint density at radius 2 is 1.27 bits per heavy atom. The van der Waals surface area contributed by atoms with Crippen LogP contribution in [0.1, 0.15) is 84.0 Å². The monoisotopic (exact) mass is 314 g/mol. The van der Waals surface area contributed by atoms with Crippen LogP contribution in [0.25, 0.3) is 0 Å². The molecule has 0 aliphatic carbocycles. The molecule has 0 rings (SSSR count). The zero-order valence-electron chi connectivity index (χ0n) is 14.2. The quantitative estimate of drug-likeness (QED) is 0.355. The summed E-state index contributed by atoms with van der Waals surface area (Å²) in [5.41, 5.74) is 4.86. The van der Waals surface area contributed by atoms with E-state index in [-0.39, 0.29) is 6.54 Å². The standard InChI is InChI=1S/C17H34N2O3/c1-2-3-4-5-6-7-8-9-10-11-12-13-14-22-16(20)15-19-17(18)21/h2-15H2,1H3,(H3,18,19,21). The van der Waals surface area contributed by atoms with Crippen LogP contribution in [0, 0.1) is 0 Å². The molecule has 0 aliphatic heterocycles. The SMILES string of the molecule is CCCCCCCCCCCCCCOC(=O)CNC(N)=O. The number of hydrogen-bond acceptors (Lipinski definition) is 3. The number of carbonyl (C=O) groups excluding carboxylic acids is 2. The molecule has 0 aromatic heterocycles. The first-order valence-corrected chi connectivity index (χ1v) is 8.85. The third-order valence-electron chi connectivity index (χ3n) is 3.67. The molecule has 0 saturated carbocycles. The van der Waals surface area contributed by atoms with E-state index in [1.807, 2.05) is 0 Å². The Labute approximate surface area is 135 Å². The maximum absolute atomic E-state index is 11.2. The summed E-state index contributed by atoms with van der Waals surface area (Å²) in [5.74, 6) is -0.429. The highest BCUT2D eigenvalue weighted by Gasteiger charge is 2.03. The van der Waals surface area contributed by atoms with Crippen LogP contribution in [0.5, 0.6) is 0 Å². The first kappa shape index (κ1) is 20.7. The fourth-order valence-corrected chi connectivity index (χ4v) is 2.34. The van der Waals surface area contributed by atoms with Gasteiger partial charge >= 0.3 is 12.0 Å². The average Bonchev–Trinajstić information content (AvgIpc) is 2.49. The second kappa shape index (κ2) is 16.1. The second-order valence-electron chi connectivity index (χ2n) is 5.83. The van der Waals surface area contributed by atoms with Gasteiger partial charge in [0.1, 0.15) is 6.54 Å². The molecular formula is C17H34N2O3. The van der Waals surface area contributed by atoms with Gasteiger partial charge in [-0.15, -0.1) is 0 Å². The van der Waals surface area contributed by atoms with Crippen molar-refractivity contribution in [2.24, 2.45) is 5.73 Å². The molecule has 2 amide bonds. The highest BCUT2D eigenvalue weighted by atomic mass is 16.5. The van der Waals surface area contributed by atoms with Crippen molar-refractivity contribution >= 4 is 12.0 Å². The number of carbonyl (C=O) groups is 2. The molecule has 0 radical (unpaired) electrons. The van der Waals surface area contributed by atoms with Crippen molar-refractivity contribution in [3.8, 4) is 0 Å². The number of esters is 1. The number of hydrogen-bond donors (Lipinski definition) is 2. The van der Waals surface area contributed by atoms with Crippen molar-refractivity contribution in [3.05, 3.63) is 0 Å². The van der Waals surface area contributed by atoms with Gasteiger partial charge < -0.3 is 15.8 Å². The number of rotatable bonds is 15. The van der Waals surface area contributed by atoms with Gasteiger partial charge in [-0.2, -0.15) is 0 Å². The molecule has 22 heavy (non-hydrogen) atoms. The molecule has 0 spiro atoms. The molecule has 0 saturated heterocycles. The Balaban J connectivity index is 3.11. The predicted molar refractivity (Wildman–Crippen MR) is 89.6 cm³/mol. The van der Waals surface area contributed by atoms with Crippen LogP contribution in [0.3, 0.4) is 0 Å². The number of nitrogens with two attached hydrogens (primary N) is 1. The summed E-state index contributed by atoms with van der Waals surface area (Å²) in [7, 11) is 0. The number of amides is 2. The van der Waals surface area contributed by atoms with Gasteiger partial charge in [0, 0.05) is 0 Å². The van der Waals surface area contributed by atoms with E-state index in [0.29, 0.717) is 6.61 Å². The molecule has 0 unspecified atom stereocenters. The molecule has 0 aromatic carbocycles. The lowest BCUT2D eigenvalue weighted by Crippen LogP contribution is -2.34. The largest absolute Gasteiger partial charge is 0.464 e. The van der Waals surface area contributed by atoms with E-state index in [1.54, 1.807) is 0 Å². The minimum Gasteiger partial charge on any atom is -0.464 e. The number of urea groups is 1. The van der Waals surface area contributed by atoms with Crippen LogP contribution in [0.4, 0.5) is 4.79 Å². The smallest absolute Gasteiger partial charge is 0.325 e. The van der Waals surface area contributed by atoms with Crippen molar-refractivity contribution in [2.75, 3.05) is 13.2 Å². The molecule has 0 bridgehead atoms. The zero-order chi connectivity index (χ0) is 16.5. The molecule has 0 fully saturated rings. The van der Waals surface area contributed by atoms with Crippen molar-refractivity contribution in [2.45, 2.75) is 84.0 Å². The molecule has 0 aliphatic rings. The number of nitrogens with one attached hydrogen (secondary N) is 1. The first-order chi connectivity index (χ1) is 10.7. The van der Waals surface area contributed by atoms with Gasteiger partial charge in [0.05, 0.1) is 6.61 Å². The van der Waals surface area contributed by atoms with E-state index in [1.165, 1.54) is 64.2 Å². The van der Waals surface area contributed by atoms with Gasteiger partial charge in [-0.25, -0.2) is 4.79 Å². The highest BCUT2D eigenvalue weighted by Crippen LogP contribution is 2.11. The Morgan fingerprint density at radius 3 is 1.73 bits per heavy atom. The Hall–Kier alpha value is -1.26. The Morgan fingerprint density at radius 1 is 0.818 bits per heavy atom. The van der Waals surface area contributed by atoms with E-state index in [0.717, 1.165) is 12.8 Å². The summed E-state index contributed by atoms with van der Waals surface area (Å²) in [5, 5.41) is 2.21. The van der Waals surface area contributed by atoms with Crippen molar-refractivity contribution in [1.29, 1.82) is 0 Å². The Bertz CT molecular complexity index is 283. The van der Waals surface area contributed by atoms with Gasteiger partial charge in [-0.05, 0) is 6.42 Å². The summed E-state index contributed by atoms with van der Waals surface area (Å²) in [6, 6.07) is -0.706. The lowest BCUT2D eigenvalue weighted by molar-refractivity contribution is -0.142. The summed E-state index contributed by atoms with van der Waals surface area (Å²) in [4.78, 5) is 21.6. The van der Waals surface area contributed by atoms with Gasteiger partial charge in [-0.1, -0.05) is 77.6 Å². The van der Waals surface area contributed by atoms with Gasteiger partial charge in [-0.3, -0.25) is 4.79 Å². The molecule has 5 nitrogen and oxygen atoms in total. The van der Waals surface area contributed by atoms with Crippen LogP contribution in [0.2, 0.25) is 0 Å². The van der Waals surface area contributed by atoms with E-state index in [9.17, 15) is 9.59 Å². The van der Waals surface area contributed by atoms with Gasteiger partial charge in [0.25, 0.3) is 0 Å². The molecular weight excluding hydrogens is 280 g/mol. The number of unbranched alkanes of at least 4 members (excludes halogenated alkanes) is 11. The second-order valence-corrected chi connectivity index (χ2v) is 5.83. The highest BCUT2D eigenvalue weighted by molar-refractivity contribution is 5.79. The van der Waals surface area contributed by atoms with Gasteiger partial charge in [0.2, 0.25) is 0 Å². The third-order valence-corrected chi connectivity index (χ3v) is 3.67. The van der Waals surface area contributed by atoms with Crippen LogP contribution in [0.15, 0.2) is 0 Å². The van der Waals surface area contributed by atoms with E-state index >= 15 is 0 Å². The first-order valence-electron chi connectivity index (χ1n) is 8.85. The molecule has 0 atom stereocenters. The van der Waals surface area contributed by atoms with Crippen LogP contribution in [-0.2, 0) is 9.53 Å². The number of ether oxygens (including phenoxy) is 1. The van der Waals surface area contributed by atoms with E-state index in [2.05, 4.69) is 12.2 Å². The molecule has 3 N–H and O–H groups in total. The molecule has 0 aromatic rings. The van der Waals surface area contributed by atoms with Gasteiger partial charge in [0.15, 0.2) is 0 Å². The molecule has 130 valence electrons. The fraction of sp³-hybridized carbons (Fsp3) is 0.882. The third kappa shape index (κ3) is 16.8. The summed E-state index contributed by atoms with van der Waals surface area (Å²) in [6.45, 7) is 2.53. The lowest BCUT2D eigenvalue weighted by atomic mass is 10.1. The van der Waals surface area contributed by atoms with Crippen molar-refractivity contribution in [3.63, 3.8) is 0 Å². The zero-order valence-corrected chi connectivity index (χ0v) is 14.2. The average molecular weight is 314 g/mol. The van der Waals surface area contributed by atoms with Crippen LogP contribution in [-0.4, -0.2) is 25.2 Å². The van der Waals surface area contributed by atoms with Crippen LogP contribution >= 0.6 is 0 Å². The summed E-state index contributed by atoms with van der Waals surface area (Å²) >= 11 is 0. The molecule has 0 heterocycles. The van der Waals surface area contributed by atoms with E-state index < -0.39 is 12.0 Å². The predicted octanol–water partition coefficient (Wildman–Crippen LogP) is 3.90. The van der Waals surface area contributed by atoms with Crippen molar-refractivity contribution < 1.29 is 14.3 Å². The van der Waals surface area contributed by atoms with E-state index in [4.69, 9.17) is 10.5 Å². The minimum absolute atomic E-state index is 0.145. The minimum atomic E-state index is -0.706. The number of primary amides is 1. The Kier molecular flexibility index (Phi) is 15.2. The topological polar surface area (TPSA) is 81.4 Å². The summed E-state index contributed by atoms with van der Waals surface area (Å²) in [6.07, 6.45) is 15.3. The molecule has 5 heteroatoms. The van der Waals surface area contributed by atoms with Crippen LogP contribution < -0.4 is 11.1 Å².